The van der Waals surface area contributed by atoms with E-state index < -0.39 is 17.8 Å². The summed E-state index contributed by atoms with van der Waals surface area (Å²) in [6, 6.07) is 0. The Labute approximate surface area is 177 Å². The molecule has 0 aliphatic carbocycles. The largest absolute Gasteiger partial charge is 0.396 e. The molecule has 1 aliphatic rings. The van der Waals surface area contributed by atoms with Gasteiger partial charge in [-0.15, -0.1) is 5.06 Å². The molecule has 0 saturated carbocycles. The number of hydrogen-bond donors (Lipinski definition) is 3. The molecule has 3 N–H and O–H groups in total. The van der Waals surface area contributed by atoms with E-state index in [-0.39, 0.29) is 64.6 Å². The van der Waals surface area contributed by atoms with Crippen LogP contribution in [0.4, 0.5) is 0 Å². The summed E-state index contributed by atoms with van der Waals surface area (Å²) >= 11 is 0. The van der Waals surface area contributed by atoms with Crippen molar-refractivity contribution in [2.75, 3.05) is 33.0 Å². The number of nitrogens with one attached hydrogen (secondary N) is 1. The Morgan fingerprint density at radius 2 is 1.70 bits per heavy atom. The van der Waals surface area contributed by atoms with Gasteiger partial charge in [-0.25, -0.2) is 4.79 Å². The number of aliphatic hydroxyl groups is 2. The highest BCUT2D eigenvalue weighted by Gasteiger charge is 2.32. The third-order valence-corrected chi connectivity index (χ3v) is 4.43. The molecule has 0 aromatic rings. The Kier molecular flexibility index (Phi) is 15.6. The SMILES string of the molecule is C.O=C(CCCC(=O)ON1C(=O)CCC1=O)NCCCOCC(CCO)CCCO. The van der Waals surface area contributed by atoms with Gasteiger partial charge in [0.15, 0.2) is 0 Å². The Morgan fingerprint density at radius 1 is 1.00 bits per heavy atom. The van der Waals surface area contributed by atoms with E-state index >= 15 is 0 Å². The molecule has 1 saturated heterocycles. The minimum Gasteiger partial charge on any atom is -0.396 e. The average molecular weight is 433 g/mol. The first-order chi connectivity index (χ1) is 14.0. The van der Waals surface area contributed by atoms with E-state index in [0.717, 1.165) is 6.42 Å². The first-order valence-corrected chi connectivity index (χ1v) is 10.1. The van der Waals surface area contributed by atoms with Crippen LogP contribution < -0.4 is 5.32 Å². The van der Waals surface area contributed by atoms with Crippen molar-refractivity contribution < 1.29 is 39.0 Å². The van der Waals surface area contributed by atoms with Crippen molar-refractivity contribution in [2.45, 2.75) is 65.2 Å². The molecule has 174 valence electrons. The van der Waals surface area contributed by atoms with Crippen LogP contribution in [0.5, 0.6) is 0 Å². The lowest BCUT2D eigenvalue weighted by molar-refractivity contribution is -0.197. The number of rotatable bonds is 16. The van der Waals surface area contributed by atoms with Crippen LogP contribution in [0.1, 0.15) is 65.2 Å². The molecule has 1 aliphatic heterocycles. The predicted octanol–water partition coefficient (Wildman–Crippen LogP) is 0.694. The lowest BCUT2D eigenvalue weighted by Crippen LogP contribution is -2.32. The molecular formula is C20H36N2O8. The average Bonchev–Trinajstić information content (AvgIpc) is 3.00. The molecule has 1 heterocycles. The van der Waals surface area contributed by atoms with E-state index in [1.54, 1.807) is 0 Å². The number of nitrogens with zero attached hydrogens (tertiary/aromatic N) is 1. The van der Waals surface area contributed by atoms with Crippen LogP contribution in [0.25, 0.3) is 0 Å². The molecule has 1 unspecified atom stereocenters. The summed E-state index contributed by atoms with van der Waals surface area (Å²) < 4.78 is 5.56. The zero-order valence-electron chi connectivity index (χ0n) is 16.8. The van der Waals surface area contributed by atoms with Crippen molar-refractivity contribution in [3.63, 3.8) is 0 Å². The molecule has 10 heteroatoms. The highest BCUT2D eigenvalue weighted by Crippen LogP contribution is 2.13. The monoisotopic (exact) mass is 432 g/mol. The van der Waals surface area contributed by atoms with Gasteiger partial charge in [0.2, 0.25) is 5.91 Å². The standard InChI is InChI=1S/C19H32N2O8.CH4/c22-11-2-4-15(9-12-23)14-28-13-3-10-20-16(24)5-1-6-19(27)29-21-17(25)7-8-18(21)26;/h15,22-23H,1-14H2,(H,20,24);1H4. The lowest BCUT2D eigenvalue weighted by atomic mass is 10.0. The van der Waals surface area contributed by atoms with E-state index in [1.165, 1.54) is 0 Å². The highest BCUT2D eigenvalue weighted by molar-refractivity contribution is 6.01. The van der Waals surface area contributed by atoms with Gasteiger partial charge in [0, 0.05) is 58.7 Å². The topological polar surface area (TPSA) is 142 Å². The zero-order valence-corrected chi connectivity index (χ0v) is 16.8. The van der Waals surface area contributed by atoms with Crippen LogP contribution in [-0.4, -0.2) is 71.9 Å². The second-order valence-corrected chi connectivity index (χ2v) is 6.92. The Hall–Kier alpha value is -2.04. The molecule has 3 amide bonds. The summed E-state index contributed by atoms with van der Waals surface area (Å²) in [7, 11) is 0. The number of amides is 3. The van der Waals surface area contributed by atoms with Gasteiger partial charge in [0.05, 0.1) is 0 Å². The summed E-state index contributed by atoms with van der Waals surface area (Å²) in [6.45, 7) is 1.65. The summed E-state index contributed by atoms with van der Waals surface area (Å²) in [5.74, 6) is -1.76. The van der Waals surface area contributed by atoms with E-state index in [2.05, 4.69) is 5.32 Å². The first kappa shape index (κ1) is 28.0. The van der Waals surface area contributed by atoms with Crippen LogP contribution in [-0.2, 0) is 28.8 Å². The number of aliphatic hydroxyl groups excluding tert-OH is 2. The summed E-state index contributed by atoms with van der Waals surface area (Å²) in [5.41, 5.74) is 0. The molecule has 0 bridgehead atoms. The van der Waals surface area contributed by atoms with Gasteiger partial charge in [-0.3, -0.25) is 14.4 Å². The van der Waals surface area contributed by atoms with Crippen LogP contribution in [0, 0.1) is 5.92 Å². The Morgan fingerprint density at radius 3 is 2.33 bits per heavy atom. The summed E-state index contributed by atoms with van der Waals surface area (Å²) in [6.07, 6.45) is 3.18. The van der Waals surface area contributed by atoms with Gasteiger partial charge in [-0.1, -0.05) is 7.43 Å². The van der Waals surface area contributed by atoms with Gasteiger partial charge < -0.3 is 25.1 Å². The molecular weight excluding hydrogens is 396 g/mol. The molecule has 30 heavy (non-hydrogen) atoms. The molecule has 0 aromatic carbocycles. The number of imide groups is 1. The maximum absolute atomic E-state index is 11.7. The number of carbonyl (C=O) groups excluding carboxylic acids is 4. The fourth-order valence-corrected chi connectivity index (χ4v) is 2.81. The minimum absolute atomic E-state index is 0. The van der Waals surface area contributed by atoms with Crippen LogP contribution in [0.2, 0.25) is 0 Å². The number of hydroxylamine groups is 2. The normalized spacial score (nSPS) is 14.4. The van der Waals surface area contributed by atoms with Gasteiger partial charge in [0.25, 0.3) is 11.8 Å². The summed E-state index contributed by atoms with van der Waals surface area (Å²) in [4.78, 5) is 50.8. The smallest absolute Gasteiger partial charge is 0.333 e. The van der Waals surface area contributed by atoms with Gasteiger partial charge in [-0.2, -0.15) is 0 Å². The minimum atomic E-state index is -0.714. The number of ether oxygens (including phenoxy) is 1. The maximum atomic E-state index is 11.7. The van der Waals surface area contributed by atoms with Crippen LogP contribution in [0.3, 0.4) is 0 Å². The molecule has 0 aromatic heterocycles. The number of hydrogen-bond acceptors (Lipinski definition) is 8. The van der Waals surface area contributed by atoms with Crippen molar-refractivity contribution >= 4 is 23.7 Å². The third kappa shape index (κ3) is 11.8. The highest BCUT2D eigenvalue weighted by atomic mass is 16.7. The van der Waals surface area contributed by atoms with E-state index in [9.17, 15) is 19.2 Å². The van der Waals surface area contributed by atoms with Crippen molar-refractivity contribution in [2.24, 2.45) is 5.92 Å². The van der Waals surface area contributed by atoms with E-state index in [0.29, 0.717) is 44.1 Å². The predicted molar refractivity (Wildman–Crippen MR) is 108 cm³/mol. The quantitative estimate of drug-likeness (QED) is 0.239. The second kappa shape index (κ2) is 16.7. The summed E-state index contributed by atoms with van der Waals surface area (Å²) in [5, 5.41) is 21.1. The van der Waals surface area contributed by atoms with E-state index in [4.69, 9.17) is 19.8 Å². The lowest BCUT2D eigenvalue weighted by Gasteiger charge is -2.15. The maximum Gasteiger partial charge on any atom is 0.333 e. The Bertz CT molecular complexity index is 525. The fourth-order valence-electron chi connectivity index (χ4n) is 2.81. The van der Waals surface area contributed by atoms with Crippen LogP contribution >= 0.6 is 0 Å². The van der Waals surface area contributed by atoms with Crippen molar-refractivity contribution in [1.29, 1.82) is 0 Å². The fraction of sp³-hybridized carbons (Fsp3) is 0.800. The van der Waals surface area contributed by atoms with Crippen molar-refractivity contribution in [3.05, 3.63) is 0 Å². The molecule has 10 nitrogen and oxygen atoms in total. The first-order valence-electron chi connectivity index (χ1n) is 10.1. The van der Waals surface area contributed by atoms with Gasteiger partial charge in [0.1, 0.15) is 0 Å². The van der Waals surface area contributed by atoms with Crippen molar-refractivity contribution in [1.82, 2.24) is 10.4 Å². The molecule has 0 spiro atoms. The Balaban J connectivity index is 0.00000841. The van der Waals surface area contributed by atoms with Crippen LogP contribution in [0.15, 0.2) is 0 Å². The third-order valence-electron chi connectivity index (χ3n) is 4.43. The van der Waals surface area contributed by atoms with Gasteiger partial charge in [-0.05, 0) is 38.0 Å². The molecule has 1 fully saturated rings. The zero-order chi connectivity index (χ0) is 21.5. The molecule has 0 radical (unpaired) electrons. The molecule has 1 rings (SSSR count). The molecule has 1 atom stereocenters. The number of carbonyl (C=O) groups is 4. The van der Waals surface area contributed by atoms with Gasteiger partial charge >= 0.3 is 5.97 Å². The van der Waals surface area contributed by atoms with Crippen molar-refractivity contribution in [3.8, 4) is 0 Å². The second-order valence-electron chi connectivity index (χ2n) is 6.92. The van der Waals surface area contributed by atoms with E-state index in [1.807, 2.05) is 0 Å².